The quantitative estimate of drug-likeness (QED) is 0.534. The standard InChI is InChI=1S/C25H42N4O2/c1-18-9-11-21(12-10-18)23-22(8-7-13-30-23)14-27-24(26-6)28-17-25(4,5)29-15-19(2)31-20(3)16-29/h9-12,19-20,22-23H,7-8,13-17H2,1-6H3,(H2,26,27,28). The molecule has 1 aromatic carbocycles. The Morgan fingerprint density at radius 2 is 1.81 bits per heavy atom. The summed E-state index contributed by atoms with van der Waals surface area (Å²) in [4.78, 5) is 6.99. The lowest BCUT2D eigenvalue weighted by Crippen LogP contribution is -2.59. The number of guanidine groups is 1. The second-order valence-corrected chi connectivity index (χ2v) is 9.89. The summed E-state index contributed by atoms with van der Waals surface area (Å²) in [6, 6.07) is 8.76. The number of aryl methyl sites for hydroxylation is 1. The van der Waals surface area contributed by atoms with Gasteiger partial charge < -0.3 is 20.1 Å². The van der Waals surface area contributed by atoms with Gasteiger partial charge in [-0.3, -0.25) is 9.89 Å². The minimum Gasteiger partial charge on any atom is -0.373 e. The highest BCUT2D eigenvalue weighted by atomic mass is 16.5. The SMILES string of the molecule is CN=C(NCC1CCCOC1c1ccc(C)cc1)NCC(C)(C)N1CC(C)OC(C)C1. The van der Waals surface area contributed by atoms with Crippen molar-refractivity contribution in [1.82, 2.24) is 15.5 Å². The van der Waals surface area contributed by atoms with Crippen LogP contribution in [0.2, 0.25) is 0 Å². The van der Waals surface area contributed by atoms with Crippen molar-refractivity contribution < 1.29 is 9.47 Å². The van der Waals surface area contributed by atoms with Crippen molar-refractivity contribution in [2.45, 2.75) is 71.3 Å². The molecule has 6 nitrogen and oxygen atoms in total. The van der Waals surface area contributed by atoms with Crippen LogP contribution in [0.3, 0.4) is 0 Å². The van der Waals surface area contributed by atoms with Gasteiger partial charge in [0.25, 0.3) is 0 Å². The molecule has 0 aliphatic carbocycles. The third-order valence-corrected chi connectivity index (χ3v) is 6.57. The number of aliphatic imine (C=N–C) groups is 1. The molecule has 2 N–H and O–H groups in total. The van der Waals surface area contributed by atoms with Crippen molar-refractivity contribution in [2.24, 2.45) is 10.9 Å². The van der Waals surface area contributed by atoms with Crippen LogP contribution in [0.5, 0.6) is 0 Å². The van der Waals surface area contributed by atoms with E-state index in [4.69, 9.17) is 9.47 Å². The maximum Gasteiger partial charge on any atom is 0.191 e. The van der Waals surface area contributed by atoms with Gasteiger partial charge in [-0.2, -0.15) is 0 Å². The first-order valence-electron chi connectivity index (χ1n) is 11.8. The van der Waals surface area contributed by atoms with Gasteiger partial charge in [0.15, 0.2) is 5.96 Å². The van der Waals surface area contributed by atoms with E-state index in [2.05, 4.69) is 79.4 Å². The van der Waals surface area contributed by atoms with E-state index in [1.807, 2.05) is 7.05 Å². The largest absolute Gasteiger partial charge is 0.373 e. The van der Waals surface area contributed by atoms with Crippen LogP contribution in [0, 0.1) is 12.8 Å². The summed E-state index contributed by atoms with van der Waals surface area (Å²) >= 11 is 0. The van der Waals surface area contributed by atoms with Gasteiger partial charge in [-0.25, -0.2) is 0 Å². The predicted molar refractivity (Wildman–Crippen MR) is 128 cm³/mol. The normalized spacial score (nSPS) is 28.4. The molecule has 0 spiro atoms. The molecule has 0 saturated carbocycles. The van der Waals surface area contributed by atoms with Crippen LogP contribution >= 0.6 is 0 Å². The minimum atomic E-state index is 0.0162. The molecule has 2 aliphatic heterocycles. The van der Waals surface area contributed by atoms with E-state index in [0.717, 1.165) is 51.6 Å². The number of nitrogens with one attached hydrogen (secondary N) is 2. The van der Waals surface area contributed by atoms with Gasteiger partial charge in [-0.05, 0) is 53.0 Å². The highest BCUT2D eigenvalue weighted by Crippen LogP contribution is 2.33. The highest BCUT2D eigenvalue weighted by Gasteiger charge is 2.33. The lowest BCUT2D eigenvalue weighted by atomic mass is 9.89. The van der Waals surface area contributed by atoms with Gasteiger partial charge in [0, 0.05) is 51.3 Å². The van der Waals surface area contributed by atoms with Gasteiger partial charge in [-0.15, -0.1) is 0 Å². The van der Waals surface area contributed by atoms with E-state index >= 15 is 0 Å². The molecular weight excluding hydrogens is 388 g/mol. The first kappa shape index (κ1) is 24.0. The summed E-state index contributed by atoms with van der Waals surface area (Å²) in [5.74, 6) is 1.29. The molecule has 4 unspecified atom stereocenters. The molecule has 4 atom stereocenters. The zero-order valence-corrected chi connectivity index (χ0v) is 20.3. The number of benzene rings is 1. The lowest BCUT2D eigenvalue weighted by Gasteiger charge is -2.45. The van der Waals surface area contributed by atoms with Crippen LogP contribution in [0.4, 0.5) is 0 Å². The van der Waals surface area contributed by atoms with Crippen LogP contribution in [-0.2, 0) is 9.47 Å². The average Bonchev–Trinajstić information content (AvgIpc) is 2.74. The van der Waals surface area contributed by atoms with Crippen molar-refractivity contribution in [1.29, 1.82) is 0 Å². The van der Waals surface area contributed by atoms with Crippen molar-refractivity contribution in [3.8, 4) is 0 Å². The zero-order chi connectivity index (χ0) is 22.4. The first-order valence-corrected chi connectivity index (χ1v) is 11.8. The molecule has 2 saturated heterocycles. The third kappa shape index (κ3) is 6.67. The maximum atomic E-state index is 6.18. The molecule has 31 heavy (non-hydrogen) atoms. The van der Waals surface area contributed by atoms with E-state index in [-0.39, 0.29) is 23.9 Å². The van der Waals surface area contributed by atoms with Crippen molar-refractivity contribution in [3.63, 3.8) is 0 Å². The number of hydrogen-bond acceptors (Lipinski definition) is 4. The summed E-state index contributed by atoms with van der Waals surface area (Å²) in [5.41, 5.74) is 2.57. The third-order valence-electron chi connectivity index (χ3n) is 6.57. The minimum absolute atomic E-state index is 0.0162. The van der Waals surface area contributed by atoms with Gasteiger partial charge in [-0.1, -0.05) is 29.8 Å². The Morgan fingerprint density at radius 3 is 2.45 bits per heavy atom. The fourth-order valence-corrected chi connectivity index (χ4v) is 4.71. The van der Waals surface area contributed by atoms with Crippen LogP contribution < -0.4 is 10.6 Å². The van der Waals surface area contributed by atoms with E-state index in [1.54, 1.807) is 0 Å². The Hall–Kier alpha value is -1.63. The lowest BCUT2D eigenvalue weighted by molar-refractivity contribution is -0.0946. The van der Waals surface area contributed by atoms with Gasteiger partial charge in [0.05, 0.1) is 18.3 Å². The molecular formula is C25H42N4O2. The number of hydrogen-bond donors (Lipinski definition) is 2. The summed E-state index contributed by atoms with van der Waals surface area (Å²) in [7, 11) is 1.84. The number of morpholine rings is 1. The van der Waals surface area contributed by atoms with Crippen molar-refractivity contribution in [3.05, 3.63) is 35.4 Å². The summed E-state index contributed by atoms with van der Waals surface area (Å²) in [6.45, 7) is 15.5. The van der Waals surface area contributed by atoms with E-state index in [1.165, 1.54) is 11.1 Å². The fraction of sp³-hybridized carbons (Fsp3) is 0.720. The Kier molecular flexibility index (Phi) is 8.36. The van der Waals surface area contributed by atoms with Gasteiger partial charge in [0.2, 0.25) is 0 Å². The first-order chi connectivity index (χ1) is 14.8. The van der Waals surface area contributed by atoms with Gasteiger partial charge >= 0.3 is 0 Å². The zero-order valence-electron chi connectivity index (χ0n) is 20.3. The molecule has 0 radical (unpaired) electrons. The molecule has 1 aromatic rings. The summed E-state index contributed by atoms with van der Waals surface area (Å²) in [6.07, 6.45) is 2.96. The molecule has 3 rings (SSSR count). The topological polar surface area (TPSA) is 58.1 Å². The second kappa shape index (κ2) is 10.8. The molecule has 6 heteroatoms. The Labute approximate surface area is 188 Å². The average molecular weight is 431 g/mol. The molecule has 0 amide bonds. The Bertz CT molecular complexity index is 709. The van der Waals surface area contributed by atoms with Crippen LogP contribution in [-0.4, -0.2) is 68.4 Å². The summed E-state index contributed by atoms with van der Waals surface area (Å²) < 4.78 is 12.1. The molecule has 0 bridgehead atoms. The smallest absolute Gasteiger partial charge is 0.191 e. The fourth-order valence-electron chi connectivity index (χ4n) is 4.71. The van der Waals surface area contributed by atoms with Crippen LogP contribution in [0.25, 0.3) is 0 Å². The Morgan fingerprint density at radius 1 is 1.13 bits per heavy atom. The Balaban J connectivity index is 1.53. The summed E-state index contributed by atoms with van der Waals surface area (Å²) in [5, 5.41) is 7.11. The monoisotopic (exact) mass is 430 g/mol. The van der Waals surface area contributed by atoms with Crippen molar-refractivity contribution >= 4 is 5.96 Å². The maximum absolute atomic E-state index is 6.18. The molecule has 2 fully saturated rings. The number of ether oxygens (including phenoxy) is 2. The highest BCUT2D eigenvalue weighted by molar-refractivity contribution is 5.79. The van der Waals surface area contributed by atoms with Crippen LogP contribution in [0.15, 0.2) is 29.3 Å². The van der Waals surface area contributed by atoms with Crippen molar-refractivity contribution in [2.75, 3.05) is 39.8 Å². The van der Waals surface area contributed by atoms with E-state index < -0.39 is 0 Å². The van der Waals surface area contributed by atoms with Crippen LogP contribution in [0.1, 0.15) is 57.8 Å². The van der Waals surface area contributed by atoms with Gasteiger partial charge in [0.1, 0.15) is 0 Å². The molecule has 2 aliphatic rings. The van der Waals surface area contributed by atoms with E-state index in [9.17, 15) is 0 Å². The molecule has 174 valence electrons. The predicted octanol–water partition coefficient (Wildman–Crippen LogP) is 3.52. The number of nitrogens with zero attached hydrogens (tertiary/aromatic N) is 2. The second-order valence-electron chi connectivity index (χ2n) is 9.89. The number of rotatable bonds is 6. The molecule has 2 heterocycles. The molecule has 0 aromatic heterocycles. The van der Waals surface area contributed by atoms with E-state index in [0.29, 0.717) is 5.92 Å².